The van der Waals surface area contributed by atoms with Crippen LogP contribution in [0.2, 0.25) is 0 Å². The first-order chi connectivity index (χ1) is 18.0. The topological polar surface area (TPSA) is 73.6 Å². The van der Waals surface area contributed by atoms with Crippen LogP contribution < -0.4 is 0 Å². The predicted molar refractivity (Wildman–Crippen MR) is 145 cm³/mol. The van der Waals surface area contributed by atoms with E-state index in [1.165, 1.54) is 18.2 Å². The molecular formula is C29H29F2N5OS. The van der Waals surface area contributed by atoms with Gasteiger partial charge in [-0.1, -0.05) is 26.0 Å². The van der Waals surface area contributed by atoms with Crippen molar-refractivity contribution < 1.29 is 13.0 Å². The molecule has 1 aromatic carbocycles. The van der Waals surface area contributed by atoms with E-state index in [1.807, 2.05) is 30.5 Å². The monoisotopic (exact) mass is 533 g/mol. The highest BCUT2D eigenvalue weighted by Crippen LogP contribution is 2.69. The standard InChI is InChI=1S/C29H29F2N5OS/c1-28(2)20-11-12-29(28,27-19(20)15-24(34-35-27)26-21(30)7-5-8-22(26)31)25-10-6-9-23(33-25)18-16-32-36(17-18)13-14-38(3,4)37/h5-10,15-17,20H,3,11-14H2,1-2,4H3/t20-,29-,38?/m0/s1. The van der Waals surface area contributed by atoms with Crippen molar-refractivity contribution in [1.29, 1.82) is 0 Å². The van der Waals surface area contributed by atoms with Crippen LogP contribution in [0.3, 0.4) is 0 Å². The van der Waals surface area contributed by atoms with Gasteiger partial charge in [-0.05, 0) is 75.5 Å². The third-order valence-electron chi connectivity index (χ3n) is 8.47. The average Bonchev–Trinajstić information content (AvgIpc) is 3.50. The molecule has 1 unspecified atom stereocenters. The fourth-order valence-electron chi connectivity index (χ4n) is 6.49. The van der Waals surface area contributed by atoms with E-state index in [1.54, 1.807) is 17.1 Å². The molecule has 2 bridgehead atoms. The first kappa shape index (κ1) is 24.9. The third-order valence-corrected chi connectivity index (χ3v) is 9.51. The Balaban J connectivity index is 1.41. The number of benzene rings is 1. The zero-order valence-electron chi connectivity index (χ0n) is 21.6. The fraction of sp³-hybridized carbons (Fsp3) is 0.345. The molecule has 3 aromatic heterocycles. The van der Waals surface area contributed by atoms with Crippen molar-refractivity contribution in [1.82, 2.24) is 25.0 Å². The third kappa shape index (κ3) is 3.70. The van der Waals surface area contributed by atoms with Gasteiger partial charge < -0.3 is 0 Å². The Labute approximate surface area is 221 Å². The summed E-state index contributed by atoms with van der Waals surface area (Å²) in [4.78, 5) is 5.11. The van der Waals surface area contributed by atoms with Crippen LogP contribution in [0.5, 0.6) is 0 Å². The molecule has 1 fully saturated rings. The normalized spacial score (nSPS) is 22.8. The zero-order valence-corrected chi connectivity index (χ0v) is 22.4. The lowest BCUT2D eigenvalue weighted by Gasteiger charge is -2.37. The molecule has 0 amide bonds. The van der Waals surface area contributed by atoms with Crippen LogP contribution in [0.4, 0.5) is 8.78 Å². The fourth-order valence-corrected chi connectivity index (χ4v) is 7.07. The first-order valence-corrected chi connectivity index (χ1v) is 14.9. The number of nitrogens with zero attached hydrogens (tertiary/aromatic N) is 5. The minimum absolute atomic E-state index is 0.146. The van der Waals surface area contributed by atoms with Crippen molar-refractivity contribution >= 4 is 15.4 Å². The van der Waals surface area contributed by atoms with E-state index in [4.69, 9.17) is 4.98 Å². The number of rotatable bonds is 6. The average molecular weight is 534 g/mol. The van der Waals surface area contributed by atoms with Crippen LogP contribution in [0.15, 0.2) is 54.9 Å². The SMILES string of the molecule is C=S(C)(=O)CCn1cc(-c2cccc([C@@]34CC[C@@H](c5cc(-c6c(F)cccc6F)nnc53)C4(C)C)n2)cn1. The highest BCUT2D eigenvalue weighted by atomic mass is 32.2. The van der Waals surface area contributed by atoms with Crippen molar-refractivity contribution in [2.45, 2.75) is 44.6 Å². The molecule has 38 heavy (non-hydrogen) atoms. The summed E-state index contributed by atoms with van der Waals surface area (Å²) < 4.78 is 42.8. The van der Waals surface area contributed by atoms with Gasteiger partial charge in [-0.2, -0.15) is 10.2 Å². The van der Waals surface area contributed by atoms with Gasteiger partial charge in [0.25, 0.3) is 0 Å². The number of fused-ring (bicyclic) bond motifs is 5. The van der Waals surface area contributed by atoms with Crippen molar-refractivity contribution in [2.75, 3.05) is 12.0 Å². The molecule has 2 aliphatic rings. The summed E-state index contributed by atoms with van der Waals surface area (Å²) in [5.41, 5.74) is 3.78. The minimum atomic E-state index is -2.10. The molecule has 196 valence electrons. The number of hydrogen-bond acceptors (Lipinski definition) is 5. The lowest BCUT2D eigenvalue weighted by Crippen LogP contribution is -2.37. The van der Waals surface area contributed by atoms with Crippen molar-refractivity contribution in [3.63, 3.8) is 0 Å². The first-order valence-electron chi connectivity index (χ1n) is 12.6. The summed E-state index contributed by atoms with van der Waals surface area (Å²) in [5, 5.41) is 13.4. The summed E-state index contributed by atoms with van der Waals surface area (Å²) in [6.45, 7) is 4.97. The second kappa shape index (κ2) is 8.53. The second-order valence-electron chi connectivity index (χ2n) is 11.1. The number of halogens is 2. The van der Waals surface area contributed by atoms with Gasteiger partial charge in [0.2, 0.25) is 0 Å². The van der Waals surface area contributed by atoms with Crippen LogP contribution in [0.1, 0.15) is 49.6 Å². The molecule has 3 atom stereocenters. The van der Waals surface area contributed by atoms with Crippen molar-refractivity contribution in [3.8, 4) is 22.5 Å². The van der Waals surface area contributed by atoms with Crippen molar-refractivity contribution in [3.05, 3.63) is 83.4 Å². The van der Waals surface area contributed by atoms with E-state index in [0.717, 1.165) is 41.1 Å². The maximum absolute atomic E-state index is 14.5. The number of hydrogen-bond donors (Lipinski definition) is 0. The van der Waals surface area contributed by atoms with Gasteiger partial charge in [0, 0.05) is 23.8 Å². The Hall–Kier alpha value is -3.46. The summed E-state index contributed by atoms with van der Waals surface area (Å²) >= 11 is 0. The summed E-state index contributed by atoms with van der Waals surface area (Å²) in [5.74, 6) is 3.04. The molecule has 0 N–H and O–H groups in total. The van der Waals surface area contributed by atoms with Gasteiger partial charge in [-0.15, -0.1) is 5.10 Å². The lowest BCUT2D eigenvalue weighted by molar-refractivity contribution is 0.243. The van der Waals surface area contributed by atoms with E-state index in [9.17, 15) is 13.0 Å². The van der Waals surface area contributed by atoms with Crippen molar-refractivity contribution in [2.24, 2.45) is 5.41 Å². The minimum Gasteiger partial charge on any atom is -0.271 e. The van der Waals surface area contributed by atoms with E-state index >= 15 is 0 Å². The van der Waals surface area contributed by atoms with Gasteiger partial charge in [0.05, 0.1) is 46.5 Å². The molecule has 9 heteroatoms. The van der Waals surface area contributed by atoms with Gasteiger partial charge in [-0.3, -0.25) is 13.9 Å². The van der Waals surface area contributed by atoms with Crippen LogP contribution in [0, 0.1) is 17.0 Å². The van der Waals surface area contributed by atoms with Gasteiger partial charge in [0.15, 0.2) is 0 Å². The van der Waals surface area contributed by atoms with E-state index in [-0.39, 0.29) is 22.6 Å². The maximum atomic E-state index is 14.5. The quantitative estimate of drug-likeness (QED) is 0.318. The van der Waals surface area contributed by atoms with E-state index in [0.29, 0.717) is 12.3 Å². The molecule has 0 radical (unpaired) electrons. The maximum Gasteiger partial charge on any atom is 0.135 e. The van der Waals surface area contributed by atoms with Crippen LogP contribution in [-0.4, -0.2) is 47.0 Å². The number of aromatic nitrogens is 5. The molecule has 0 aliphatic heterocycles. The molecule has 6 nitrogen and oxygen atoms in total. The van der Waals surface area contributed by atoms with Gasteiger partial charge in [0.1, 0.15) is 11.6 Å². The molecule has 2 aliphatic carbocycles. The highest BCUT2D eigenvalue weighted by Gasteiger charge is 2.65. The second-order valence-corrected chi connectivity index (χ2v) is 13.9. The Morgan fingerprint density at radius 3 is 2.58 bits per heavy atom. The van der Waals surface area contributed by atoms with Crippen LogP contribution >= 0.6 is 0 Å². The largest absolute Gasteiger partial charge is 0.271 e. The van der Waals surface area contributed by atoms with Crippen LogP contribution in [0.25, 0.3) is 22.5 Å². The molecule has 3 heterocycles. The predicted octanol–water partition coefficient (Wildman–Crippen LogP) is 5.23. The Morgan fingerprint density at radius 1 is 1.11 bits per heavy atom. The molecule has 6 rings (SSSR count). The van der Waals surface area contributed by atoms with Gasteiger partial charge in [-0.25, -0.2) is 8.78 Å². The van der Waals surface area contributed by atoms with E-state index in [2.05, 4.69) is 35.0 Å². The Morgan fingerprint density at radius 2 is 1.84 bits per heavy atom. The smallest absolute Gasteiger partial charge is 0.135 e. The summed E-state index contributed by atoms with van der Waals surface area (Å²) in [6, 6.07) is 11.6. The molecule has 4 aromatic rings. The number of pyridine rings is 1. The molecular weight excluding hydrogens is 504 g/mol. The molecule has 0 saturated heterocycles. The molecule has 1 saturated carbocycles. The highest BCUT2D eigenvalue weighted by molar-refractivity contribution is 7.99. The van der Waals surface area contributed by atoms with Crippen LogP contribution in [-0.2, 0) is 21.5 Å². The zero-order chi connectivity index (χ0) is 26.9. The lowest BCUT2D eigenvalue weighted by atomic mass is 9.66. The summed E-state index contributed by atoms with van der Waals surface area (Å²) in [7, 11) is -2.10. The summed E-state index contributed by atoms with van der Waals surface area (Å²) in [6.07, 6.45) is 7.12. The molecule has 0 spiro atoms. The Kier molecular flexibility index (Phi) is 5.58. The Bertz CT molecular complexity index is 1660. The number of aryl methyl sites for hydroxylation is 1. The van der Waals surface area contributed by atoms with Gasteiger partial charge >= 0.3 is 0 Å². The van der Waals surface area contributed by atoms with E-state index < -0.39 is 26.6 Å².